The minimum Gasteiger partial charge on any atom is -0.445 e. The molecule has 1 atom stereocenters. The molecule has 1 amide bonds. The Morgan fingerprint density at radius 1 is 1.38 bits per heavy atom. The quantitative estimate of drug-likeness (QED) is 0.654. The van der Waals surface area contributed by atoms with Gasteiger partial charge in [0.25, 0.3) is 5.91 Å². The number of halogens is 1. The number of nitrogens with one attached hydrogen (secondary N) is 1. The van der Waals surface area contributed by atoms with Crippen molar-refractivity contribution in [1.82, 2.24) is 20.1 Å². The average molecular weight is 413 g/mol. The van der Waals surface area contributed by atoms with Crippen molar-refractivity contribution in [3.8, 4) is 0 Å². The summed E-state index contributed by atoms with van der Waals surface area (Å²) in [6.45, 7) is 5.46. The number of carbonyl (C=O) groups is 1. The third kappa shape index (κ3) is 4.37. The maximum absolute atomic E-state index is 12.9. The van der Waals surface area contributed by atoms with E-state index in [4.69, 9.17) is 16.0 Å². The van der Waals surface area contributed by atoms with Crippen molar-refractivity contribution in [2.75, 3.05) is 13.1 Å². The third-order valence-electron chi connectivity index (χ3n) is 5.39. The van der Waals surface area contributed by atoms with Crippen LogP contribution in [0.25, 0.3) is 0 Å². The summed E-state index contributed by atoms with van der Waals surface area (Å²) >= 11 is 6.25. The lowest BCUT2D eigenvalue weighted by atomic mass is 9.97. The predicted octanol–water partition coefficient (Wildman–Crippen LogP) is 4.79. The van der Waals surface area contributed by atoms with E-state index in [9.17, 15) is 4.79 Å². The van der Waals surface area contributed by atoms with Crippen molar-refractivity contribution < 1.29 is 9.21 Å². The minimum absolute atomic E-state index is 0.0410. The molecule has 3 heterocycles. The van der Waals surface area contributed by atoms with Crippen molar-refractivity contribution in [2.45, 2.75) is 44.9 Å². The van der Waals surface area contributed by atoms with E-state index in [2.05, 4.69) is 29.0 Å². The van der Waals surface area contributed by atoms with Gasteiger partial charge in [-0.15, -0.1) is 0 Å². The van der Waals surface area contributed by atoms with Crippen LogP contribution in [-0.4, -0.2) is 39.1 Å². The van der Waals surface area contributed by atoms with Crippen LogP contribution in [0.3, 0.4) is 0 Å². The van der Waals surface area contributed by atoms with Crippen LogP contribution in [-0.2, 0) is 6.42 Å². The second-order valence-electron chi connectivity index (χ2n) is 7.89. The van der Waals surface area contributed by atoms with Gasteiger partial charge in [-0.05, 0) is 36.5 Å². The van der Waals surface area contributed by atoms with Gasteiger partial charge < -0.3 is 9.32 Å². The maximum Gasteiger partial charge on any atom is 0.274 e. The van der Waals surface area contributed by atoms with Crippen LogP contribution in [0.5, 0.6) is 0 Å². The van der Waals surface area contributed by atoms with E-state index in [0.29, 0.717) is 30.5 Å². The SMILES string of the molecule is CC(C)c1cc(C(=O)N2CCC[C@@H](c3ncc(Cc4ccccc4Cl)o3)C2)n[nH]1. The lowest BCUT2D eigenvalue weighted by Gasteiger charge is -2.30. The molecule has 152 valence electrons. The van der Waals surface area contributed by atoms with Gasteiger partial charge in [0.15, 0.2) is 5.89 Å². The average Bonchev–Trinajstić information content (AvgIpc) is 3.39. The molecule has 2 aromatic heterocycles. The molecule has 1 saturated heterocycles. The Morgan fingerprint density at radius 2 is 2.21 bits per heavy atom. The summed E-state index contributed by atoms with van der Waals surface area (Å²) in [4.78, 5) is 19.2. The molecule has 0 unspecified atom stereocenters. The fourth-order valence-electron chi connectivity index (χ4n) is 3.69. The van der Waals surface area contributed by atoms with Gasteiger partial charge in [0.1, 0.15) is 11.5 Å². The van der Waals surface area contributed by atoms with Gasteiger partial charge >= 0.3 is 0 Å². The number of aromatic amines is 1. The number of amides is 1. The van der Waals surface area contributed by atoms with E-state index >= 15 is 0 Å². The van der Waals surface area contributed by atoms with Crippen LogP contribution in [0.1, 0.15) is 71.9 Å². The molecule has 0 aliphatic carbocycles. The molecule has 1 aliphatic heterocycles. The van der Waals surface area contributed by atoms with Gasteiger partial charge in [0.2, 0.25) is 0 Å². The number of likely N-dealkylation sites (tertiary alicyclic amines) is 1. The summed E-state index contributed by atoms with van der Waals surface area (Å²) in [5.41, 5.74) is 2.46. The predicted molar refractivity (Wildman–Crippen MR) is 111 cm³/mol. The first kappa shape index (κ1) is 19.7. The maximum atomic E-state index is 12.9. The van der Waals surface area contributed by atoms with E-state index in [-0.39, 0.29) is 11.8 Å². The zero-order valence-electron chi connectivity index (χ0n) is 16.7. The summed E-state index contributed by atoms with van der Waals surface area (Å²) in [5, 5.41) is 7.88. The largest absolute Gasteiger partial charge is 0.445 e. The topological polar surface area (TPSA) is 75.0 Å². The van der Waals surface area contributed by atoms with Crippen molar-refractivity contribution >= 4 is 17.5 Å². The zero-order chi connectivity index (χ0) is 20.4. The Hall–Kier alpha value is -2.60. The number of oxazole rings is 1. The number of aromatic nitrogens is 3. The van der Waals surface area contributed by atoms with Crippen LogP contribution < -0.4 is 0 Å². The van der Waals surface area contributed by atoms with Crippen molar-refractivity contribution in [3.63, 3.8) is 0 Å². The molecule has 3 aromatic rings. The molecular weight excluding hydrogens is 388 g/mol. The fourth-order valence-corrected chi connectivity index (χ4v) is 3.89. The number of hydrogen-bond acceptors (Lipinski definition) is 4. The fraction of sp³-hybridized carbons (Fsp3) is 0.409. The highest BCUT2D eigenvalue weighted by molar-refractivity contribution is 6.31. The lowest BCUT2D eigenvalue weighted by molar-refractivity contribution is 0.0692. The first-order valence-electron chi connectivity index (χ1n) is 10.0. The molecule has 1 N–H and O–H groups in total. The molecule has 0 saturated carbocycles. The van der Waals surface area contributed by atoms with Gasteiger partial charge in [0.05, 0.1) is 12.1 Å². The number of rotatable bonds is 5. The third-order valence-corrected chi connectivity index (χ3v) is 5.76. The number of carbonyl (C=O) groups excluding carboxylic acids is 1. The normalized spacial score (nSPS) is 17.1. The Kier molecular flexibility index (Phi) is 5.72. The molecule has 0 bridgehead atoms. The van der Waals surface area contributed by atoms with Gasteiger partial charge in [-0.3, -0.25) is 9.89 Å². The molecule has 29 heavy (non-hydrogen) atoms. The standard InChI is InChI=1S/C22H25ClN4O2/c1-14(2)19-11-20(26-25-19)22(28)27-9-5-7-16(13-27)21-24-12-17(29-21)10-15-6-3-4-8-18(15)23/h3-4,6,8,11-12,14,16H,5,7,9-10,13H2,1-2H3,(H,25,26)/t16-/m1/s1. The van der Waals surface area contributed by atoms with Gasteiger partial charge in [0, 0.05) is 30.2 Å². The van der Waals surface area contributed by atoms with Crippen LogP contribution in [0.2, 0.25) is 5.02 Å². The Bertz CT molecular complexity index is 994. The van der Waals surface area contributed by atoms with E-state index in [0.717, 1.165) is 41.4 Å². The summed E-state index contributed by atoms with van der Waals surface area (Å²) < 4.78 is 6.02. The first-order chi connectivity index (χ1) is 14.0. The summed E-state index contributed by atoms with van der Waals surface area (Å²) in [7, 11) is 0. The van der Waals surface area contributed by atoms with Gasteiger partial charge in [-0.25, -0.2) is 4.98 Å². The monoisotopic (exact) mass is 412 g/mol. The summed E-state index contributed by atoms with van der Waals surface area (Å²) in [5.74, 6) is 1.83. The zero-order valence-corrected chi connectivity index (χ0v) is 17.4. The number of hydrogen-bond donors (Lipinski definition) is 1. The molecular formula is C22H25ClN4O2. The van der Waals surface area contributed by atoms with Crippen molar-refractivity contribution in [2.24, 2.45) is 0 Å². The highest BCUT2D eigenvalue weighted by Crippen LogP contribution is 2.29. The van der Waals surface area contributed by atoms with E-state index in [1.807, 2.05) is 35.2 Å². The molecule has 0 radical (unpaired) electrons. The highest BCUT2D eigenvalue weighted by Gasteiger charge is 2.29. The van der Waals surface area contributed by atoms with Crippen LogP contribution in [0.4, 0.5) is 0 Å². The number of piperidine rings is 1. The molecule has 1 fully saturated rings. The molecule has 6 nitrogen and oxygen atoms in total. The summed E-state index contributed by atoms with van der Waals surface area (Å²) in [6.07, 6.45) is 4.24. The van der Waals surface area contributed by atoms with Crippen molar-refractivity contribution in [1.29, 1.82) is 0 Å². The van der Waals surface area contributed by atoms with Crippen molar-refractivity contribution in [3.05, 3.63) is 70.2 Å². The number of H-pyrrole nitrogens is 1. The summed E-state index contributed by atoms with van der Waals surface area (Å²) in [6, 6.07) is 9.58. The highest BCUT2D eigenvalue weighted by atomic mass is 35.5. The van der Waals surface area contributed by atoms with Gasteiger partial charge in [-0.1, -0.05) is 43.6 Å². The minimum atomic E-state index is -0.0410. The first-order valence-corrected chi connectivity index (χ1v) is 10.4. The Balaban J connectivity index is 1.44. The molecule has 1 aliphatic rings. The lowest BCUT2D eigenvalue weighted by Crippen LogP contribution is -2.39. The number of nitrogens with zero attached hydrogens (tertiary/aromatic N) is 3. The molecule has 1 aromatic carbocycles. The van der Waals surface area contributed by atoms with E-state index in [1.54, 1.807) is 6.20 Å². The Morgan fingerprint density at radius 3 is 2.97 bits per heavy atom. The molecule has 4 rings (SSSR count). The second-order valence-corrected chi connectivity index (χ2v) is 8.29. The number of benzene rings is 1. The van der Waals surface area contributed by atoms with Crippen LogP contribution in [0, 0.1) is 0 Å². The smallest absolute Gasteiger partial charge is 0.274 e. The molecule has 7 heteroatoms. The Labute approximate surface area is 175 Å². The van der Waals surface area contributed by atoms with E-state index < -0.39 is 0 Å². The molecule has 0 spiro atoms. The van der Waals surface area contributed by atoms with Crippen LogP contribution >= 0.6 is 11.6 Å². The van der Waals surface area contributed by atoms with Crippen LogP contribution in [0.15, 0.2) is 40.9 Å². The van der Waals surface area contributed by atoms with E-state index in [1.165, 1.54) is 0 Å². The van der Waals surface area contributed by atoms with Gasteiger partial charge in [-0.2, -0.15) is 5.10 Å². The second kappa shape index (κ2) is 8.41.